The highest BCUT2D eigenvalue weighted by atomic mass is 16.5. The predicted octanol–water partition coefficient (Wildman–Crippen LogP) is 8.17. The molecule has 0 aliphatic rings. The van der Waals surface area contributed by atoms with E-state index in [0.29, 0.717) is 0 Å². The van der Waals surface area contributed by atoms with E-state index in [1.54, 1.807) is 0 Å². The molecule has 0 fully saturated rings. The molecule has 0 aliphatic carbocycles. The van der Waals surface area contributed by atoms with Crippen molar-refractivity contribution in [1.82, 2.24) is 0 Å². The molecule has 0 saturated carbocycles. The van der Waals surface area contributed by atoms with Crippen LogP contribution in [0.1, 0.15) is 22.3 Å². The SMILES string of the molecule is Cc1cc(-c2cc(C)c(Oc3ccccc3)c(C)c2)cc(C)c1Oc1ccccc1. The molecule has 0 spiro atoms. The molecule has 0 unspecified atom stereocenters. The Kier molecular flexibility index (Phi) is 5.58. The van der Waals surface area contributed by atoms with E-state index in [4.69, 9.17) is 9.47 Å². The predicted molar refractivity (Wildman–Crippen MR) is 124 cm³/mol. The molecule has 30 heavy (non-hydrogen) atoms. The molecular formula is C28H26O2. The minimum absolute atomic E-state index is 0.852. The van der Waals surface area contributed by atoms with E-state index in [0.717, 1.165) is 45.3 Å². The molecular weight excluding hydrogens is 368 g/mol. The van der Waals surface area contributed by atoms with Crippen LogP contribution < -0.4 is 9.47 Å². The minimum atomic E-state index is 0.852. The first kappa shape index (κ1) is 19.8. The van der Waals surface area contributed by atoms with Crippen LogP contribution in [0, 0.1) is 27.7 Å². The van der Waals surface area contributed by atoms with Gasteiger partial charge in [-0.25, -0.2) is 0 Å². The lowest BCUT2D eigenvalue weighted by atomic mass is 9.96. The summed E-state index contributed by atoms with van der Waals surface area (Å²) >= 11 is 0. The van der Waals surface area contributed by atoms with E-state index >= 15 is 0 Å². The third-order valence-electron chi connectivity index (χ3n) is 5.18. The van der Waals surface area contributed by atoms with Crippen molar-refractivity contribution in [2.24, 2.45) is 0 Å². The summed E-state index contributed by atoms with van der Waals surface area (Å²) in [5, 5.41) is 0. The van der Waals surface area contributed by atoms with Crippen LogP contribution in [0.25, 0.3) is 11.1 Å². The van der Waals surface area contributed by atoms with E-state index in [1.807, 2.05) is 60.7 Å². The van der Waals surface area contributed by atoms with Gasteiger partial charge in [0.25, 0.3) is 0 Å². The number of rotatable bonds is 5. The first-order valence-electron chi connectivity index (χ1n) is 10.2. The topological polar surface area (TPSA) is 18.5 Å². The normalized spacial score (nSPS) is 10.7. The molecule has 0 saturated heterocycles. The van der Waals surface area contributed by atoms with Crippen LogP contribution in [0.2, 0.25) is 0 Å². The zero-order valence-electron chi connectivity index (χ0n) is 17.9. The van der Waals surface area contributed by atoms with Gasteiger partial charge in [0, 0.05) is 0 Å². The average Bonchev–Trinajstić information content (AvgIpc) is 2.74. The smallest absolute Gasteiger partial charge is 0.133 e. The Labute approximate surface area is 178 Å². The Morgan fingerprint density at radius 3 is 1.03 bits per heavy atom. The summed E-state index contributed by atoms with van der Waals surface area (Å²) in [5.41, 5.74) is 6.84. The van der Waals surface area contributed by atoms with Crippen molar-refractivity contribution < 1.29 is 9.47 Å². The van der Waals surface area contributed by atoms with Gasteiger partial charge in [0.15, 0.2) is 0 Å². The van der Waals surface area contributed by atoms with Crippen LogP contribution in [-0.4, -0.2) is 0 Å². The molecule has 2 heteroatoms. The Morgan fingerprint density at radius 1 is 0.433 bits per heavy atom. The molecule has 4 rings (SSSR count). The van der Waals surface area contributed by atoms with Crippen molar-refractivity contribution in [2.45, 2.75) is 27.7 Å². The fourth-order valence-corrected chi connectivity index (χ4v) is 3.77. The maximum Gasteiger partial charge on any atom is 0.133 e. The van der Waals surface area contributed by atoms with Gasteiger partial charge >= 0.3 is 0 Å². The highest BCUT2D eigenvalue weighted by molar-refractivity contribution is 5.70. The fraction of sp³-hybridized carbons (Fsp3) is 0.143. The Morgan fingerprint density at radius 2 is 0.733 bits per heavy atom. The molecule has 0 bridgehead atoms. The van der Waals surface area contributed by atoms with Gasteiger partial charge in [0.05, 0.1) is 0 Å². The van der Waals surface area contributed by atoms with E-state index in [1.165, 1.54) is 11.1 Å². The molecule has 2 nitrogen and oxygen atoms in total. The van der Waals surface area contributed by atoms with E-state index in [-0.39, 0.29) is 0 Å². The summed E-state index contributed by atoms with van der Waals surface area (Å²) < 4.78 is 12.3. The summed E-state index contributed by atoms with van der Waals surface area (Å²) in [6.07, 6.45) is 0. The molecule has 0 amide bonds. The zero-order chi connectivity index (χ0) is 21.1. The quantitative estimate of drug-likeness (QED) is 0.340. The molecule has 4 aromatic rings. The zero-order valence-corrected chi connectivity index (χ0v) is 17.9. The van der Waals surface area contributed by atoms with E-state index in [9.17, 15) is 0 Å². The first-order valence-corrected chi connectivity index (χ1v) is 10.2. The van der Waals surface area contributed by atoms with Gasteiger partial charge in [0.2, 0.25) is 0 Å². The van der Waals surface area contributed by atoms with Crippen LogP contribution in [-0.2, 0) is 0 Å². The van der Waals surface area contributed by atoms with Crippen LogP contribution >= 0.6 is 0 Å². The Bertz CT molecular complexity index is 1020. The number of ether oxygens (including phenoxy) is 2. The fourth-order valence-electron chi connectivity index (χ4n) is 3.77. The van der Waals surface area contributed by atoms with Gasteiger partial charge in [-0.2, -0.15) is 0 Å². The summed E-state index contributed by atoms with van der Waals surface area (Å²) in [6.45, 7) is 8.39. The molecule has 0 atom stereocenters. The van der Waals surface area contributed by atoms with Crippen LogP contribution in [0.4, 0.5) is 0 Å². The van der Waals surface area contributed by atoms with Crippen molar-refractivity contribution in [3.05, 3.63) is 107 Å². The number of hydrogen-bond donors (Lipinski definition) is 0. The summed E-state index contributed by atoms with van der Waals surface area (Å²) in [5.74, 6) is 3.54. The third-order valence-corrected chi connectivity index (χ3v) is 5.18. The highest BCUT2D eigenvalue weighted by Gasteiger charge is 2.12. The number of aryl methyl sites for hydroxylation is 4. The number of hydrogen-bond acceptors (Lipinski definition) is 2. The van der Waals surface area contributed by atoms with Crippen molar-refractivity contribution in [3.8, 4) is 34.1 Å². The first-order chi connectivity index (χ1) is 14.5. The van der Waals surface area contributed by atoms with Gasteiger partial charge in [-0.1, -0.05) is 36.4 Å². The third kappa shape index (κ3) is 4.23. The van der Waals surface area contributed by atoms with Gasteiger partial charge in [-0.15, -0.1) is 0 Å². The lowest BCUT2D eigenvalue weighted by Gasteiger charge is -2.16. The maximum atomic E-state index is 6.14. The average molecular weight is 395 g/mol. The van der Waals surface area contributed by atoms with Gasteiger partial charge in [0.1, 0.15) is 23.0 Å². The number of benzene rings is 4. The molecule has 0 aliphatic heterocycles. The van der Waals surface area contributed by atoms with Crippen molar-refractivity contribution in [3.63, 3.8) is 0 Å². The lowest BCUT2D eigenvalue weighted by molar-refractivity contribution is 0.474. The van der Waals surface area contributed by atoms with Crippen LogP contribution in [0.15, 0.2) is 84.9 Å². The van der Waals surface area contributed by atoms with Crippen molar-refractivity contribution in [2.75, 3.05) is 0 Å². The molecule has 0 N–H and O–H groups in total. The van der Waals surface area contributed by atoms with Crippen molar-refractivity contribution >= 4 is 0 Å². The second-order valence-corrected chi connectivity index (χ2v) is 7.71. The molecule has 0 aromatic heterocycles. The van der Waals surface area contributed by atoms with Crippen LogP contribution in [0.5, 0.6) is 23.0 Å². The number of para-hydroxylation sites is 2. The molecule has 4 aromatic carbocycles. The highest BCUT2D eigenvalue weighted by Crippen LogP contribution is 2.37. The van der Waals surface area contributed by atoms with Gasteiger partial charge in [-0.05, 0) is 110 Å². The molecule has 0 heterocycles. The Balaban J connectivity index is 1.65. The van der Waals surface area contributed by atoms with E-state index in [2.05, 4.69) is 52.0 Å². The summed E-state index contributed by atoms with van der Waals surface area (Å²) in [4.78, 5) is 0. The second-order valence-electron chi connectivity index (χ2n) is 7.71. The van der Waals surface area contributed by atoms with E-state index < -0.39 is 0 Å². The van der Waals surface area contributed by atoms with Crippen LogP contribution in [0.3, 0.4) is 0 Å². The summed E-state index contributed by atoms with van der Waals surface area (Å²) in [7, 11) is 0. The standard InChI is InChI=1S/C28H26O2/c1-19-15-23(16-20(2)27(19)29-25-11-7-5-8-12-25)24-17-21(3)28(22(4)18-24)30-26-13-9-6-10-14-26/h5-18H,1-4H3. The minimum Gasteiger partial charge on any atom is -0.457 e. The molecule has 150 valence electrons. The maximum absolute atomic E-state index is 6.14. The van der Waals surface area contributed by atoms with Gasteiger partial charge < -0.3 is 9.47 Å². The monoisotopic (exact) mass is 394 g/mol. The summed E-state index contributed by atoms with van der Waals surface area (Å²) in [6, 6.07) is 28.6. The molecule has 0 radical (unpaired) electrons. The Hall–Kier alpha value is -3.52. The second kappa shape index (κ2) is 8.46. The lowest BCUT2D eigenvalue weighted by Crippen LogP contribution is -1.95. The van der Waals surface area contributed by atoms with Crippen molar-refractivity contribution in [1.29, 1.82) is 0 Å². The largest absolute Gasteiger partial charge is 0.457 e. The van der Waals surface area contributed by atoms with Gasteiger partial charge in [-0.3, -0.25) is 0 Å².